The van der Waals surface area contributed by atoms with Crippen LogP contribution in [0.2, 0.25) is 5.02 Å². The van der Waals surface area contributed by atoms with Crippen molar-refractivity contribution in [2.45, 2.75) is 33.6 Å². The smallest absolute Gasteiger partial charge is 0.251 e. The Morgan fingerprint density at radius 2 is 1.84 bits per heavy atom. The molecular weight excluding hydrogens is 342 g/mol. The zero-order valence-electron chi connectivity index (χ0n) is 15.0. The monoisotopic (exact) mass is 367 g/mol. The van der Waals surface area contributed by atoms with Gasteiger partial charge in [-0.3, -0.25) is 14.4 Å². The molecule has 1 aromatic rings. The van der Waals surface area contributed by atoms with E-state index in [9.17, 15) is 14.4 Å². The number of carbonyl (C=O) groups is 3. The number of nitrogens with zero attached hydrogens (tertiary/aromatic N) is 1. The summed E-state index contributed by atoms with van der Waals surface area (Å²) in [5, 5.41) is 5.67. The number of anilines is 1. The van der Waals surface area contributed by atoms with Crippen LogP contribution in [0.1, 0.15) is 44.0 Å². The fourth-order valence-electron chi connectivity index (χ4n) is 2.32. The standard InChI is InChI=1S/C18H26ClN3O3/c1-4-22(5-2)10-6-9-20-18(25)14-7-8-16(15(19)12-14)21-17(24)11-13(3)23/h7-8,12H,4-6,9-11H2,1-3H3,(H,20,25)(H,21,24). The molecule has 0 aliphatic rings. The molecule has 138 valence electrons. The molecule has 1 aromatic carbocycles. The van der Waals surface area contributed by atoms with Crippen LogP contribution in [0.5, 0.6) is 0 Å². The first-order valence-corrected chi connectivity index (χ1v) is 8.84. The molecule has 25 heavy (non-hydrogen) atoms. The molecule has 6 nitrogen and oxygen atoms in total. The summed E-state index contributed by atoms with van der Waals surface area (Å²) in [6.07, 6.45) is 0.672. The van der Waals surface area contributed by atoms with E-state index in [4.69, 9.17) is 11.6 Å². The first-order valence-electron chi connectivity index (χ1n) is 8.46. The van der Waals surface area contributed by atoms with Gasteiger partial charge in [0.25, 0.3) is 5.91 Å². The highest BCUT2D eigenvalue weighted by Crippen LogP contribution is 2.23. The molecule has 0 heterocycles. The molecule has 7 heteroatoms. The molecule has 0 saturated heterocycles. The zero-order chi connectivity index (χ0) is 18.8. The van der Waals surface area contributed by atoms with E-state index in [1.807, 2.05) is 0 Å². The van der Waals surface area contributed by atoms with Gasteiger partial charge in [-0.25, -0.2) is 0 Å². The lowest BCUT2D eigenvalue weighted by Gasteiger charge is -2.17. The van der Waals surface area contributed by atoms with Crippen molar-refractivity contribution in [3.05, 3.63) is 28.8 Å². The number of hydrogen-bond donors (Lipinski definition) is 2. The maximum atomic E-state index is 12.1. The summed E-state index contributed by atoms with van der Waals surface area (Å²) in [5.41, 5.74) is 0.809. The van der Waals surface area contributed by atoms with E-state index in [0.29, 0.717) is 17.8 Å². The molecule has 0 fully saturated rings. The van der Waals surface area contributed by atoms with Gasteiger partial charge in [0.1, 0.15) is 5.78 Å². The van der Waals surface area contributed by atoms with Crippen LogP contribution >= 0.6 is 11.6 Å². The summed E-state index contributed by atoms with van der Waals surface area (Å²) < 4.78 is 0. The van der Waals surface area contributed by atoms with Gasteiger partial charge >= 0.3 is 0 Å². The fourth-order valence-corrected chi connectivity index (χ4v) is 2.55. The second kappa shape index (κ2) is 10.8. The number of benzene rings is 1. The van der Waals surface area contributed by atoms with Crippen LogP contribution in [-0.4, -0.2) is 48.7 Å². The van der Waals surface area contributed by atoms with E-state index in [1.54, 1.807) is 12.1 Å². The summed E-state index contributed by atoms with van der Waals surface area (Å²) in [7, 11) is 0. The fraction of sp³-hybridized carbons (Fsp3) is 0.500. The van der Waals surface area contributed by atoms with Gasteiger partial charge < -0.3 is 15.5 Å². The van der Waals surface area contributed by atoms with E-state index < -0.39 is 5.91 Å². The Bertz CT molecular complexity index is 616. The predicted octanol–water partition coefficient (Wildman–Crippen LogP) is 2.72. The summed E-state index contributed by atoms with van der Waals surface area (Å²) >= 11 is 6.11. The summed E-state index contributed by atoms with van der Waals surface area (Å²) in [6, 6.07) is 4.66. The number of carbonyl (C=O) groups excluding carboxylic acids is 3. The van der Waals surface area contributed by atoms with Crippen molar-refractivity contribution in [3.63, 3.8) is 0 Å². The Labute approximate surface area is 153 Å². The van der Waals surface area contributed by atoms with Gasteiger partial charge in [0.2, 0.25) is 5.91 Å². The van der Waals surface area contributed by atoms with Crippen molar-refractivity contribution in [2.24, 2.45) is 0 Å². The highest BCUT2D eigenvalue weighted by molar-refractivity contribution is 6.34. The topological polar surface area (TPSA) is 78.5 Å². The van der Waals surface area contributed by atoms with Crippen LogP contribution in [0.15, 0.2) is 18.2 Å². The van der Waals surface area contributed by atoms with Crippen molar-refractivity contribution in [3.8, 4) is 0 Å². The van der Waals surface area contributed by atoms with Gasteiger partial charge in [-0.1, -0.05) is 25.4 Å². The summed E-state index contributed by atoms with van der Waals surface area (Å²) in [5.74, 6) is -0.861. The quantitative estimate of drug-likeness (QED) is 0.492. The molecule has 0 radical (unpaired) electrons. The molecule has 0 saturated carbocycles. The number of amides is 2. The third-order valence-corrected chi connectivity index (χ3v) is 4.06. The normalized spacial score (nSPS) is 10.6. The van der Waals surface area contributed by atoms with Gasteiger partial charge in [-0.15, -0.1) is 0 Å². The van der Waals surface area contributed by atoms with E-state index in [-0.39, 0.29) is 23.1 Å². The van der Waals surface area contributed by atoms with Crippen molar-refractivity contribution < 1.29 is 14.4 Å². The first-order chi connectivity index (χ1) is 11.9. The highest BCUT2D eigenvalue weighted by Gasteiger charge is 2.11. The lowest BCUT2D eigenvalue weighted by molar-refractivity contribution is -0.124. The number of halogens is 1. The van der Waals surface area contributed by atoms with Crippen molar-refractivity contribution in [1.82, 2.24) is 10.2 Å². The van der Waals surface area contributed by atoms with Crippen LogP contribution in [-0.2, 0) is 9.59 Å². The average molecular weight is 368 g/mol. The Balaban J connectivity index is 2.53. The van der Waals surface area contributed by atoms with Crippen molar-refractivity contribution >= 4 is 34.9 Å². The van der Waals surface area contributed by atoms with Crippen LogP contribution in [0.25, 0.3) is 0 Å². The second-order valence-electron chi connectivity index (χ2n) is 5.76. The van der Waals surface area contributed by atoms with E-state index in [1.165, 1.54) is 13.0 Å². The molecule has 0 bridgehead atoms. The molecule has 0 aromatic heterocycles. The minimum atomic E-state index is -0.428. The molecule has 0 aliphatic carbocycles. The highest BCUT2D eigenvalue weighted by atomic mass is 35.5. The number of hydrogen-bond acceptors (Lipinski definition) is 4. The molecule has 0 atom stereocenters. The van der Waals surface area contributed by atoms with Crippen molar-refractivity contribution in [1.29, 1.82) is 0 Å². The predicted molar refractivity (Wildman–Crippen MR) is 100 cm³/mol. The summed E-state index contributed by atoms with van der Waals surface area (Å²) in [4.78, 5) is 37.0. The van der Waals surface area contributed by atoms with Gasteiger partial charge in [0.15, 0.2) is 0 Å². The minimum absolute atomic E-state index is 0.203. The van der Waals surface area contributed by atoms with Crippen LogP contribution in [0, 0.1) is 0 Å². The molecular formula is C18H26ClN3O3. The Kier molecular flexibility index (Phi) is 9.16. The third-order valence-electron chi connectivity index (χ3n) is 3.75. The number of Topliss-reactive ketones (excluding diaryl/α,β-unsaturated/α-hetero) is 1. The first kappa shape index (κ1) is 21.1. The van der Waals surface area contributed by atoms with E-state index in [0.717, 1.165) is 26.1 Å². The zero-order valence-corrected chi connectivity index (χ0v) is 15.8. The molecule has 1 rings (SSSR count). The molecule has 2 amide bonds. The van der Waals surface area contributed by atoms with Crippen molar-refractivity contribution in [2.75, 3.05) is 31.5 Å². The average Bonchev–Trinajstić information content (AvgIpc) is 2.56. The lowest BCUT2D eigenvalue weighted by atomic mass is 10.2. The Morgan fingerprint density at radius 1 is 1.16 bits per heavy atom. The van der Waals surface area contributed by atoms with E-state index in [2.05, 4.69) is 29.4 Å². The molecule has 0 unspecified atom stereocenters. The van der Waals surface area contributed by atoms with Gasteiger partial charge in [-0.05, 0) is 51.2 Å². The van der Waals surface area contributed by atoms with Gasteiger partial charge in [-0.2, -0.15) is 0 Å². The maximum absolute atomic E-state index is 12.1. The third kappa shape index (κ3) is 7.67. The molecule has 0 aliphatic heterocycles. The van der Waals surface area contributed by atoms with Gasteiger partial charge in [0.05, 0.1) is 17.1 Å². The lowest BCUT2D eigenvalue weighted by Crippen LogP contribution is -2.29. The van der Waals surface area contributed by atoms with Gasteiger partial charge in [0, 0.05) is 12.1 Å². The van der Waals surface area contributed by atoms with Crippen LogP contribution in [0.3, 0.4) is 0 Å². The maximum Gasteiger partial charge on any atom is 0.251 e. The number of rotatable bonds is 10. The van der Waals surface area contributed by atoms with Crippen LogP contribution in [0.4, 0.5) is 5.69 Å². The van der Waals surface area contributed by atoms with E-state index >= 15 is 0 Å². The minimum Gasteiger partial charge on any atom is -0.352 e. The van der Waals surface area contributed by atoms with Crippen LogP contribution < -0.4 is 10.6 Å². The SMILES string of the molecule is CCN(CC)CCCNC(=O)c1ccc(NC(=O)CC(C)=O)c(Cl)c1. The molecule has 0 spiro atoms. The number of ketones is 1. The largest absolute Gasteiger partial charge is 0.352 e. The number of nitrogens with one attached hydrogen (secondary N) is 2. The second-order valence-corrected chi connectivity index (χ2v) is 6.17. The Morgan fingerprint density at radius 3 is 2.40 bits per heavy atom. The Hall–Kier alpha value is -1.92. The summed E-state index contributed by atoms with van der Waals surface area (Å²) in [6.45, 7) is 9.09. The molecule has 2 N–H and O–H groups in total.